The highest BCUT2D eigenvalue weighted by atomic mass is 35.5. The number of ketones is 2. The summed E-state index contributed by atoms with van der Waals surface area (Å²) in [5, 5.41) is -0.110. The maximum Gasteiger partial charge on any atom is 0.179 e. The van der Waals surface area contributed by atoms with Crippen LogP contribution in [0.2, 0.25) is 10.0 Å². The molecule has 0 aromatic heterocycles. The fourth-order valence-corrected chi connectivity index (χ4v) is 4.42. The van der Waals surface area contributed by atoms with Crippen LogP contribution in [0.4, 0.5) is 4.39 Å². The van der Waals surface area contributed by atoms with Gasteiger partial charge in [-0.25, -0.2) is 4.39 Å². The number of aryl methyl sites for hydroxylation is 1. The second kappa shape index (κ2) is 7.50. The smallest absolute Gasteiger partial charge is 0.179 e. The molecule has 3 nitrogen and oxygen atoms in total. The van der Waals surface area contributed by atoms with E-state index in [9.17, 15) is 14.0 Å². The quantitative estimate of drug-likeness (QED) is 0.426. The molecule has 6 heteroatoms. The lowest BCUT2D eigenvalue weighted by atomic mass is 9.73. The number of hydrogen-bond donors (Lipinski definition) is 0. The first-order valence-electron chi connectivity index (χ1n) is 9.46. The molecule has 1 fully saturated rings. The van der Waals surface area contributed by atoms with Crippen LogP contribution in [0.3, 0.4) is 0 Å². The molecule has 0 saturated carbocycles. The molecule has 0 unspecified atom stereocenters. The summed E-state index contributed by atoms with van der Waals surface area (Å²) in [4.78, 5) is 26.1. The van der Waals surface area contributed by atoms with Crippen LogP contribution in [0.15, 0.2) is 30.3 Å². The summed E-state index contributed by atoms with van der Waals surface area (Å²) in [7, 11) is 0. The molecule has 1 aliphatic rings. The lowest BCUT2D eigenvalue weighted by Crippen LogP contribution is -2.58. The maximum atomic E-state index is 14.1. The first-order valence-corrected chi connectivity index (χ1v) is 10.2. The van der Waals surface area contributed by atoms with Gasteiger partial charge in [-0.05, 0) is 56.9 Å². The normalized spacial score (nSPS) is 18.9. The third-order valence-corrected chi connectivity index (χ3v) is 6.06. The van der Waals surface area contributed by atoms with E-state index in [1.807, 2.05) is 13.0 Å². The monoisotopic (exact) mass is 436 g/mol. The highest BCUT2D eigenvalue weighted by molar-refractivity contribution is 6.36. The molecule has 1 aliphatic heterocycles. The molecule has 0 bridgehead atoms. The average Bonchev–Trinajstić information content (AvgIpc) is 2.65. The highest BCUT2D eigenvalue weighted by Gasteiger charge is 2.53. The molecular weight excluding hydrogens is 414 g/mol. The van der Waals surface area contributed by atoms with Crippen molar-refractivity contribution >= 4 is 34.8 Å². The van der Waals surface area contributed by atoms with Gasteiger partial charge in [-0.15, -0.1) is 0 Å². The van der Waals surface area contributed by atoms with Gasteiger partial charge in [0.2, 0.25) is 0 Å². The van der Waals surface area contributed by atoms with Crippen molar-refractivity contribution in [2.24, 2.45) is 0 Å². The predicted octanol–water partition coefficient (Wildman–Crippen LogP) is 6.17. The summed E-state index contributed by atoms with van der Waals surface area (Å²) in [6.07, 6.45) is 0.593. The number of carbonyl (C=O) groups is 2. The Bertz CT molecular complexity index is 985. The third-order valence-electron chi connectivity index (χ3n) is 5.40. The van der Waals surface area contributed by atoms with Crippen molar-refractivity contribution in [3.8, 4) is 11.1 Å². The van der Waals surface area contributed by atoms with Gasteiger partial charge in [0, 0.05) is 5.56 Å². The van der Waals surface area contributed by atoms with Crippen molar-refractivity contribution in [2.75, 3.05) is 0 Å². The Kier molecular flexibility index (Phi) is 5.67. The number of halogens is 3. The Hall–Kier alpha value is -1.75. The molecule has 2 aromatic carbocycles. The van der Waals surface area contributed by atoms with Crippen LogP contribution in [-0.2, 0) is 20.7 Å². The summed E-state index contributed by atoms with van der Waals surface area (Å²) in [6, 6.07) is 8.46. The average molecular weight is 437 g/mol. The fourth-order valence-electron chi connectivity index (χ4n) is 3.95. The highest BCUT2D eigenvalue weighted by Crippen LogP contribution is 2.41. The molecule has 0 aliphatic carbocycles. The van der Waals surface area contributed by atoms with Crippen molar-refractivity contribution < 1.29 is 18.7 Å². The van der Waals surface area contributed by atoms with E-state index in [4.69, 9.17) is 27.9 Å². The standard InChI is InChI=1S/C23H23Cl2FO3/c1-6-12-11-13(15-9-10-16(24)19(26)18(15)25)7-8-14(12)17-20(27)22(2,3)29-23(4,5)21(17)28/h7-11,17H,6H2,1-5H3. The molecule has 3 rings (SSSR count). The predicted molar refractivity (Wildman–Crippen MR) is 113 cm³/mol. The molecule has 154 valence electrons. The van der Waals surface area contributed by atoms with E-state index >= 15 is 0 Å². The van der Waals surface area contributed by atoms with Crippen LogP contribution in [0.1, 0.15) is 51.7 Å². The van der Waals surface area contributed by atoms with Crippen molar-refractivity contribution in [3.63, 3.8) is 0 Å². The summed E-state index contributed by atoms with van der Waals surface area (Å²) < 4.78 is 19.9. The van der Waals surface area contributed by atoms with Gasteiger partial charge in [0.15, 0.2) is 17.4 Å². The Balaban J connectivity index is 2.14. The number of ether oxygens (including phenoxy) is 1. The number of rotatable bonds is 3. The van der Waals surface area contributed by atoms with Crippen LogP contribution >= 0.6 is 23.2 Å². The SMILES string of the molecule is CCc1cc(-c2ccc(Cl)c(F)c2Cl)ccc1C1C(=O)C(C)(C)OC(C)(C)C1=O. The fraction of sp³-hybridized carbons (Fsp3) is 0.391. The second-order valence-corrected chi connectivity index (χ2v) is 9.06. The zero-order valence-corrected chi connectivity index (χ0v) is 18.5. The molecule has 0 N–H and O–H groups in total. The molecule has 0 spiro atoms. The van der Waals surface area contributed by atoms with Crippen molar-refractivity contribution in [1.82, 2.24) is 0 Å². The van der Waals surface area contributed by atoms with E-state index < -0.39 is 22.9 Å². The summed E-state index contributed by atoms with van der Waals surface area (Å²) in [5.41, 5.74) is 0.523. The summed E-state index contributed by atoms with van der Waals surface area (Å²) in [5.74, 6) is -2.11. The lowest BCUT2D eigenvalue weighted by molar-refractivity contribution is -0.184. The minimum absolute atomic E-state index is 0.0473. The van der Waals surface area contributed by atoms with Crippen molar-refractivity contribution in [1.29, 1.82) is 0 Å². The minimum Gasteiger partial charge on any atom is -0.354 e. The lowest BCUT2D eigenvalue weighted by Gasteiger charge is -2.43. The first kappa shape index (κ1) is 21.9. The summed E-state index contributed by atoms with van der Waals surface area (Å²) in [6.45, 7) is 8.69. The van der Waals surface area contributed by atoms with Crippen LogP contribution in [0.25, 0.3) is 11.1 Å². The first-order chi connectivity index (χ1) is 13.4. The molecule has 1 saturated heterocycles. The number of benzene rings is 2. The van der Waals surface area contributed by atoms with Crippen LogP contribution < -0.4 is 0 Å². The second-order valence-electron chi connectivity index (χ2n) is 8.27. The molecule has 1 heterocycles. The van der Waals surface area contributed by atoms with E-state index in [1.165, 1.54) is 6.07 Å². The zero-order valence-electron chi connectivity index (χ0n) is 17.0. The Labute approximate surface area is 180 Å². The Morgan fingerprint density at radius 1 is 1.00 bits per heavy atom. The Morgan fingerprint density at radius 2 is 1.59 bits per heavy atom. The largest absolute Gasteiger partial charge is 0.354 e. The minimum atomic E-state index is -1.08. The van der Waals surface area contributed by atoms with Gasteiger partial charge >= 0.3 is 0 Å². The topological polar surface area (TPSA) is 43.4 Å². The third kappa shape index (κ3) is 3.74. The van der Waals surface area contributed by atoms with E-state index in [1.54, 1.807) is 45.9 Å². The van der Waals surface area contributed by atoms with Gasteiger partial charge in [0.05, 0.1) is 10.0 Å². The molecule has 0 radical (unpaired) electrons. The van der Waals surface area contributed by atoms with Gasteiger partial charge in [0.25, 0.3) is 0 Å². The molecule has 29 heavy (non-hydrogen) atoms. The Morgan fingerprint density at radius 3 is 2.14 bits per heavy atom. The van der Waals surface area contributed by atoms with Crippen LogP contribution in [-0.4, -0.2) is 22.8 Å². The van der Waals surface area contributed by atoms with Crippen molar-refractivity contribution in [3.05, 3.63) is 57.3 Å². The van der Waals surface area contributed by atoms with Gasteiger partial charge in [0.1, 0.15) is 17.1 Å². The van der Waals surface area contributed by atoms with Crippen LogP contribution in [0, 0.1) is 5.82 Å². The van der Waals surface area contributed by atoms with Gasteiger partial charge in [-0.1, -0.05) is 54.4 Å². The van der Waals surface area contributed by atoms with E-state index in [-0.39, 0.29) is 21.6 Å². The molecule has 0 amide bonds. The number of Topliss-reactive ketones (excluding diaryl/α,β-unsaturated/α-hetero) is 2. The van der Waals surface area contributed by atoms with E-state index in [0.717, 1.165) is 5.56 Å². The van der Waals surface area contributed by atoms with Gasteiger partial charge in [-0.2, -0.15) is 0 Å². The van der Waals surface area contributed by atoms with Crippen molar-refractivity contribution in [2.45, 2.75) is 58.2 Å². The van der Waals surface area contributed by atoms with E-state index in [2.05, 4.69) is 0 Å². The molecule has 0 atom stereocenters. The van der Waals surface area contributed by atoms with Crippen LogP contribution in [0.5, 0.6) is 0 Å². The van der Waals surface area contributed by atoms with Gasteiger partial charge < -0.3 is 4.74 Å². The number of hydrogen-bond acceptors (Lipinski definition) is 3. The number of carbonyl (C=O) groups excluding carboxylic acids is 2. The summed E-state index contributed by atoms with van der Waals surface area (Å²) >= 11 is 12.0. The van der Waals surface area contributed by atoms with Gasteiger partial charge in [-0.3, -0.25) is 9.59 Å². The molecular formula is C23H23Cl2FO3. The zero-order chi connectivity index (χ0) is 21.7. The molecule has 2 aromatic rings. The van der Waals surface area contributed by atoms with E-state index in [0.29, 0.717) is 23.1 Å². The maximum absolute atomic E-state index is 14.1.